The number of nitrogens with two attached hydrogens (primary N) is 2. The van der Waals surface area contributed by atoms with Crippen molar-refractivity contribution in [3.8, 4) is 11.5 Å². The number of hydrogen-bond donors (Lipinski definition) is 16. The number of anilines is 1. The number of carbonyl (C=O) groups is 12. The number of aromatic hydroxyl groups is 1. The summed E-state index contributed by atoms with van der Waals surface area (Å²) in [5.74, 6) is -9.94. The maximum absolute atomic E-state index is 15.1. The largest absolute Gasteiger partial charge is 0.508 e. The molecule has 0 aliphatic carbocycles. The Bertz CT molecular complexity index is 4730. The van der Waals surface area contributed by atoms with Crippen LogP contribution in [0.5, 0.6) is 11.5 Å². The number of amides is 11. The van der Waals surface area contributed by atoms with Crippen LogP contribution in [0, 0.1) is 5.92 Å². The van der Waals surface area contributed by atoms with E-state index in [-0.39, 0.29) is 91.8 Å². The van der Waals surface area contributed by atoms with Crippen molar-refractivity contribution < 1.29 is 102 Å². The fourth-order valence-electron chi connectivity index (χ4n) is 14.8. The fourth-order valence-corrected chi connectivity index (χ4v) is 19.3. The average Bonchev–Trinajstić information content (AvgIpc) is 1.57. The zero-order valence-corrected chi connectivity index (χ0v) is 75.8. The molecule has 35 nitrogen and oxygen atoms in total. The average molecular weight is 1840 g/mol. The van der Waals surface area contributed by atoms with Crippen molar-refractivity contribution in [2.75, 3.05) is 69.3 Å². The number of alkyl carbamates (subject to hydrolysis) is 1. The van der Waals surface area contributed by atoms with Gasteiger partial charge in [0.15, 0.2) is 5.72 Å². The Kier molecular flexibility index (Phi) is 37.3. The third-order valence-corrected chi connectivity index (χ3v) is 27.6. The van der Waals surface area contributed by atoms with Gasteiger partial charge in [-0.3, -0.25) is 53.3 Å². The number of aliphatic hydroxyl groups is 3. The Hall–Kier alpha value is -9.65. The molecule has 4 aliphatic heterocycles. The molecule has 0 radical (unpaired) electrons. The molecule has 126 heavy (non-hydrogen) atoms. The van der Waals surface area contributed by atoms with Crippen molar-refractivity contribution in [3.05, 3.63) is 148 Å². The van der Waals surface area contributed by atoms with Gasteiger partial charge in [0.05, 0.1) is 43.6 Å². The van der Waals surface area contributed by atoms with Crippen LogP contribution in [0.1, 0.15) is 102 Å². The maximum atomic E-state index is 15.1. The summed E-state index contributed by atoms with van der Waals surface area (Å²) in [6.45, 7) is 9.33. The Balaban J connectivity index is 0.868. The number of likely N-dealkylation sites (N-methyl/N-ethyl adjacent to an activating group) is 1. The van der Waals surface area contributed by atoms with Crippen molar-refractivity contribution in [1.29, 1.82) is 0 Å². The summed E-state index contributed by atoms with van der Waals surface area (Å²) in [6, 6.07) is 11.9. The van der Waals surface area contributed by atoms with E-state index in [4.69, 9.17) is 46.8 Å². The highest BCUT2D eigenvalue weighted by Crippen LogP contribution is 2.49. The van der Waals surface area contributed by atoms with E-state index in [1.807, 2.05) is 19.1 Å². The molecule has 0 spiro atoms. The van der Waals surface area contributed by atoms with E-state index in [0.29, 0.717) is 51.9 Å². The number of para-hydroxylation sites is 1. The summed E-state index contributed by atoms with van der Waals surface area (Å²) in [7, 11) is 10.1. The zero-order valence-electron chi connectivity index (χ0n) is 71.8. The van der Waals surface area contributed by atoms with E-state index in [1.165, 1.54) is 105 Å². The van der Waals surface area contributed by atoms with Gasteiger partial charge < -0.3 is 113 Å². The van der Waals surface area contributed by atoms with Gasteiger partial charge in [-0.2, -0.15) is 0 Å². The van der Waals surface area contributed by atoms with Crippen LogP contribution in [0.25, 0.3) is 10.9 Å². The van der Waals surface area contributed by atoms with Gasteiger partial charge in [0.2, 0.25) is 59.1 Å². The molecule has 0 saturated carbocycles. The highest BCUT2D eigenvalue weighted by molar-refractivity contribution is 8.77. The van der Waals surface area contributed by atoms with Gasteiger partial charge in [0.1, 0.15) is 88.8 Å². The number of epoxide rings is 1. The van der Waals surface area contributed by atoms with E-state index >= 15 is 4.79 Å². The number of phenols is 1. The number of aromatic amines is 1. The lowest BCUT2D eigenvalue weighted by atomic mass is 9.83. The van der Waals surface area contributed by atoms with Crippen molar-refractivity contribution in [1.82, 2.24) is 57.7 Å². The number of methoxy groups -OCH3 is 2. The first-order chi connectivity index (χ1) is 59.9. The number of esters is 1. The third kappa shape index (κ3) is 27.4. The summed E-state index contributed by atoms with van der Waals surface area (Å²) >= 11 is 6.88. The second-order valence-corrected chi connectivity index (χ2v) is 37.6. The molecule has 0 unspecified atom stereocenters. The highest BCUT2D eigenvalue weighted by atomic mass is 35.5. The number of phenolic OH excluding ortho intramolecular Hbond substituents is 1. The lowest BCUT2D eigenvalue weighted by Crippen LogP contribution is -2.63. The molecule has 4 aromatic carbocycles. The van der Waals surface area contributed by atoms with E-state index in [0.717, 1.165) is 32.7 Å². The summed E-state index contributed by atoms with van der Waals surface area (Å²) in [5, 5.41) is 69.4. The first-order valence-corrected chi connectivity index (χ1v) is 46.7. The Morgan fingerprint density at radius 3 is 2.17 bits per heavy atom. The van der Waals surface area contributed by atoms with Crippen molar-refractivity contribution >= 4 is 143 Å². The molecule has 5 heterocycles. The van der Waals surface area contributed by atoms with Crippen LogP contribution in [0.2, 0.25) is 5.02 Å². The quantitative estimate of drug-likeness (QED) is 0.0141. The number of fused-ring (bicyclic) bond motifs is 6. The molecule has 4 bridgehead atoms. The lowest BCUT2D eigenvalue weighted by molar-refractivity contribution is -0.162. The van der Waals surface area contributed by atoms with Crippen LogP contribution in [0.3, 0.4) is 0 Å². The fraction of sp³-hybridized carbons (Fsp3) is 0.512. The minimum Gasteiger partial charge on any atom is -0.508 e. The standard InChI is InChI=1S/C86H115ClN14O21S4/c1-46-19-18-25-67(119-10)86(117)42-66(120-84(116)99-86)47(2)74-85(6,122-74)68(41-70(106)101(8)64-38-53(35-46)39-65(118-9)71(64)87)121-83(115)48(3)100(7)69(105)30-33-123-124-34-32-90-81(113)72(49(4)102)97-80(112)63-45-126-125-44-62(95-75(107)57(89)36-51-20-12-11-13-21-51)79(111)93-60(37-52-26-28-55(104)29-27-52)77(109)94-61(40-54-43-91-58-23-15-14-22-56(54)58)78(110)92-59(24-16-17-31-88)76(108)98-73(50(5)103)82(114)96-63/h11-15,18-23,25-29,38-39,43,47-50,57,59-63,66-68,72-74,91,102-104,117H,16-17,24,30-37,40-42,44-45,88-89H2,1-10H3,(H,90,113)(H,92,110)(H,93,111)(H,94,109)(H,95,107)(H,96,114)(H,97,112)(H,98,108)(H,99,116)/b25-18+,46-19+/t47-,48+,49-,50-,57-,59+,60+,61-,62+,63+,66+,67-,68+,72+,73+,74+,85+,86+/m1/s1. The SMILES string of the molecule is COc1cc2cc(c1Cl)N(C)C(=O)C[C@H](OC(=O)[C@H](C)N(C)C(=O)CCSSCCNC(=O)[C@@H](NC(=O)[C@@H]1CSSC[C@H](NC(=O)[C@H](N)Cc3ccccc3)C(=O)N[C@@H](Cc3ccc(O)cc3)C(=O)N[C@H](Cc3c[nH]c4ccccc34)C(=O)N[C@@H](CCCCN)C(=O)N[C@@H]([C@@H](C)O)C(=O)N1)[C@@H](C)O)[C@]1(C)O[C@H]1[C@H](C)[C@@H]1C[C@@](O)(NC(=O)O1)[C@H](OC)/C=C/C=C(\C)C2. The molecule has 1 aromatic heterocycles. The molecule has 3 fully saturated rings. The van der Waals surface area contributed by atoms with Gasteiger partial charge in [-0.25, -0.2) is 9.59 Å². The van der Waals surface area contributed by atoms with Gasteiger partial charge in [-0.15, -0.1) is 0 Å². The lowest BCUT2D eigenvalue weighted by Gasteiger charge is -2.42. The van der Waals surface area contributed by atoms with Crippen LogP contribution in [-0.4, -0.2) is 268 Å². The first-order valence-electron chi connectivity index (χ1n) is 41.4. The first kappa shape index (κ1) is 100. The number of allylic oxidation sites excluding steroid dienone is 3. The smallest absolute Gasteiger partial charge is 0.409 e. The van der Waals surface area contributed by atoms with Crippen LogP contribution in [0.15, 0.2) is 121 Å². The third-order valence-electron chi connectivity index (χ3n) is 22.4. The van der Waals surface area contributed by atoms with Gasteiger partial charge in [0.25, 0.3) is 0 Å². The summed E-state index contributed by atoms with van der Waals surface area (Å²) < 4.78 is 29.7. The Morgan fingerprint density at radius 2 is 1.48 bits per heavy atom. The number of rotatable bonds is 29. The predicted molar refractivity (Wildman–Crippen MR) is 480 cm³/mol. The molecular formula is C86H115ClN14O21S4. The van der Waals surface area contributed by atoms with Crippen LogP contribution in [-0.2, 0) is 97.4 Å². The number of ether oxygens (including phenoxy) is 5. The van der Waals surface area contributed by atoms with Gasteiger partial charge >= 0.3 is 12.1 Å². The Labute approximate surface area is 751 Å². The van der Waals surface area contributed by atoms with Crippen LogP contribution in [0.4, 0.5) is 10.5 Å². The van der Waals surface area contributed by atoms with Crippen LogP contribution < -0.4 is 69.0 Å². The van der Waals surface area contributed by atoms with Gasteiger partial charge in [-0.05, 0) is 126 Å². The molecule has 3 saturated heterocycles. The molecule has 40 heteroatoms. The van der Waals surface area contributed by atoms with E-state index < -0.39 is 186 Å². The summed E-state index contributed by atoms with van der Waals surface area (Å²) in [5.41, 5.74) is 13.4. The van der Waals surface area contributed by atoms with Gasteiger partial charge in [-0.1, -0.05) is 146 Å². The molecule has 5 aromatic rings. The summed E-state index contributed by atoms with van der Waals surface area (Å²) in [4.78, 5) is 179. The maximum Gasteiger partial charge on any atom is 0.409 e. The monoisotopic (exact) mass is 1840 g/mol. The topological polar surface area (TPSA) is 518 Å². The second-order valence-electron chi connectivity index (χ2n) is 31.9. The predicted octanol–water partition coefficient (Wildman–Crippen LogP) is 3.32. The van der Waals surface area contributed by atoms with Crippen LogP contribution >= 0.6 is 54.8 Å². The number of benzene rings is 4. The van der Waals surface area contributed by atoms with Crippen molar-refractivity contribution in [2.45, 2.75) is 208 Å². The molecule has 686 valence electrons. The zero-order chi connectivity index (χ0) is 91.9. The minimum absolute atomic E-state index is 0.0401. The molecule has 11 amide bonds. The number of H-pyrrole nitrogens is 1. The van der Waals surface area contributed by atoms with Crippen molar-refractivity contribution in [2.24, 2.45) is 17.4 Å². The number of aromatic nitrogens is 1. The Morgan fingerprint density at radius 1 is 0.817 bits per heavy atom. The van der Waals surface area contributed by atoms with E-state index in [1.54, 1.807) is 92.9 Å². The number of carbonyl (C=O) groups excluding carboxylic acids is 12. The molecule has 9 rings (SSSR count). The van der Waals surface area contributed by atoms with E-state index in [2.05, 4.69) is 52.8 Å². The van der Waals surface area contributed by atoms with Gasteiger partial charge in [0, 0.05) is 99.5 Å². The number of halogens is 1. The van der Waals surface area contributed by atoms with E-state index in [9.17, 15) is 73.2 Å². The second kappa shape index (κ2) is 46.9. The highest BCUT2D eigenvalue weighted by Gasteiger charge is 2.65. The molecule has 18 N–H and O–H groups in total. The van der Waals surface area contributed by atoms with Crippen molar-refractivity contribution in [3.63, 3.8) is 0 Å². The molecular weight excluding hydrogens is 1730 g/mol. The summed E-state index contributed by atoms with van der Waals surface area (Å²) in [6.07, 6.45) is -1.56. The number of nitrogens with one attached hydrogen (secondary N) is 10. The number of nitrogens with zero attached hydrogens (tertiary/aromatic N) is 2. The number of hydrogen-bond acceptors (Lipinski definition) is 27. The normalized spacial score (nSPS) is 26.3. The number of aliphatic hydroxyl groups excluding tert-OH is 2. The molecule has 18 atom stereocenters. The number of unbranched alkanes of at least 4 members (excludes halogenated alkanes) is 1. The molecule has 4 aliphatic rings. The minimum atomic E-state index is -1.94.